The summed E-state index contributed by atoms with van der Waals surface area (Å²) in [5, 5.41) is 0.889. The average Bonchev–Trinajstić information content (AvgIpc) is 2.70. The van der Waals surface area contributed by atoms with Gasteiger partial charge in [-0.1, -0.05) is 23.7 Å². The summed E-state index contributed by atoms with van der Waals surface area (Å²) in [4.78, 5) is 0. The summed E-state index contributed by atoms with van der Waals surface area (Å²) in [5.74, 6) is 0.739. The van der Waals surface area contributed by atoms with E-state index in [1.165, 1.54) is 18.4 Å². The normalized spacial score (nSPS) is 16.9. The summed E-state index contributed by atoms with van der Waals surface area (Å²) in [6, 6.07) is 6.07. The second-order valence-electron chi connectivity index (χ2n) is 3.13. The molecule has 0 unspecified atom stereocenters. The molecule has 0 saturated heterocycles. The third-order valence-corrected chi connectivity index (χ3v) is 2.41. The topological polar surface area (TPSA) is 0 Å². The van der Waals surface area contributed by atoms with Crippen molar-refractivity contribution in [2.24, 2.45) is 0 Å². The van der Waals surface area contributed by atoms with Gasteiger partial charge in [0.2, 0.25) is 0 Å². The van der Waals surface area contributed by atoms with Crippen LogP contribution in [0, 0.1) is 6.92 Å². The Labute approximate surface area is 72.2 Å². The molecule has 0 atom stereocenters. The second-order valence-corrected chi connectivity index (χ2v) is 3.54. The molecule has 0 bridgehead atoms. The molecule has 0 amide bonds. The molecule has 1 aliphatic rings. The fourth-order valence-electron chi connectivity index (χ4n) is 1.30. The monoisotopic (exact) mass is 165 g/mol. The van der Waals surface area contributed by atoms with Gasteiger partial charge in [-0.3, -0.25) is 0 Å². The van der Waals surface area contributed by atoms with Gasteiger partial charge in [0.1, 0.15) is 0 Å². The molecule has 0 nitrogen and oxygen atoms in total. The minimum Gasteiger partial charge on any atom is -0.0840 e. The SMILES string of the molecule is [CH2]c1ccc(C2CC2)c(Cl)c1. The van der Waals surface area contributed by atoms with E-state index in [1.807, 2.05) is 12.1 Å². The molecule has 0 heterocycles. The summed E-state index contributed by atoms with van der Waals surface area (Å²) >= 11 is 6.02. The maximum absolute atomic E-state index is 6.02. The molecule has 1 heteroatoms. The van der Waals surface area contributed by atoms with Crippen LogP contribution in [0.5, 0.6) is 0 Å². The van der Waals surface area contributed by atoms with E-state index in [0.717, 1.165) is 16.5 Å². The van der Waals surface area contributed by atoms with Crippen molar-refractivity contribution in [2.75, 3.05) is 0 Å². The highest BCUT2D eigenvalue weighted by molar-refractivity contribution is 6.31. The van der Waals surface area contributed by atoms with Crippen LogP contribution in [0.2, 0.25) is 5.02 Å². The highest BCUT2D eigenvalue weighted by Gasteiger charge is 2.25. The van der Waals surface area contributed by atoms with Crippen LogP contribution in [-0.2, 0) is 0 Å². The predicted molar refractivity (Wildman–Crippen MR) is 47.9 cm³/mol. The Morgan fingerprint density at radius 1 is 1.36 bits per heavy atom. The Kier molecular flexibility index (Phi) is 1.65. The molecule has 1 saturated carbocycles. The Bertz CT molecular complexity index is 274. The van der Waals surface area contributed by atoms with Gasteiger partial charge in [-0.15, -0.1) is 0 Å². The van der Waals surface area contributed by atoms with E-state index in [9.17, 15) is 0 Å². The lowest BCUT2D eigenvalue weighted by Gasteiger charge is -2.01. The fraction of sp³-hybridized carbons (Fsp3) is 0.300. The highest BCUT2D eigenvalue weighted by atomic mass is 35.5. The average molecular weight is 166 g/mol. The van der Waals surface area contributed by atoms with Crippen LogP contribution in [0.25, 0.3) is 0 Å². The van der Waals surface area contributed by atoms with Gasteiger partial charge in [-0.2, -0.15) is 0 Å². The van der Waals surface area contributed by atoms with Crippen molar-refractivity contribution in [3.05, 3.63) is 41.3 Å². The molecule has 0 aliphatic heterocycles. The molecule has 1 aromatic carbocycles. The highest BCUT2D eigenvalue weighted by Crippen LogP contribution is 2.43. The van der Waals surface area contributed by atoms with Crippen molar-refractivity contribution < 1.29 is 0 Å². The summed E-state index contributed by atoms with van der Waals surface area (Å²) in [5.41, 5.74) is 2.30. The van der Waals surface area contributed by atoms with E-state index in [2.05, 4.69) is 13.0 Å². The van der Waals surface area contributed by atoms with Crippen molar-refractivity contribution in [3.8, 4) is 0 Å². The van der Waals surface area contributed by atoms with Crippen LogP contribution in [-0.4, -0.2) is 0 Å². The van der Waals surface area contributed by atoms with Gasteiger partial charge in [0.05, 0.1) is 0 Å². The molecule has 0 N–H and O–H groups in total. The first-order valence-corrected chi connectivity index (χ1v) is 4.26. The Balaban J connectivity index is 2.39. The maximum Gasteiger partial charge on any atom is 0.0443 e. The molecule has 1 aliphatic carbocycles. The molecule has 11 heavy (non-hydrogen) atoms. The van der Waals surface area contributed by atoms with Gasteiger partial charge in [-0.25, -0.2) is 0 Å². The third kappa shape index (κ3) is 1.41. The predicted octanol–water partition coefficient (Wildman–Crippen LogP) is 3.40. The molecular weight excluding hydrogens is 156 g/mol. The first-order valence-electron chi connectivity index (χ1n) is 3.89. The largest absolute Gasteiger partial charge is 0.0840 e. The minimum absolute atomic E-state index is 0.739. The van der Waals surface area contributed by atoms with E-state index in [0.29, 0.717) is 0 Å². The van der Waals surface area contributed by atoms with Crippen LogP contribution in [0.15, 0.2) is 18.2 Å². The number of halogens is 1. The lowest BCUT2D eigenvalue weighted by Crippen LogP contribution is -1.81. The van der Waals surface area contributed by atoms with Gasteiger partial charge in [0, 0.05) is 5.02 Å². The molecule has 1 aromatic rings. The Morgan fingerprint density at radius 3 is 2.64 bits per heavy atom. The second kappa shape index (κ2) is 2.53. The molecule has 2 rings (SSSR count). The number of hydrogen-bond donors (Lipinski definition) is 0. The fourth-order valence-corrected chi connectivity index (χ4v) is 1.65. The van der Waals surface area contributed by atoms with Crippen molar-refractivity contribution >= 4 is 11.6 Å². The van der Waals surface area contributed by atoms with Crippen molar-refractivity contribution in [2.45, 2.75) is 18.8 Å². The zero-order chi connectivity index (χ0) is 7.84. The van der Waals surface area contributed by atoms with Crippen molar-refractivity contribution in [3.63, 3.8) is 0 Å². The van der Waals surface area contributed by atoms with Crippen LogP contribution in [0.4, 0.5) is 0 Å². The Hall–Kier alpha value is -0.490. The van der Waals surface area contributed by atoms with E-state index in [4.69, 9.17) is 11.6 Å². The lowest BCUT2D eigenvalue weighted by atomic mass is 10.1. The van der Waals surface area contributed by atoms with Gasteiger partial charge < -0.3 is 0 Å². The van der Waals surface area contributed by atoms with Gasteiger partial charge in [0.25, 0.3) is 0 Å². The van der Waals surface area contributed by atoms with Crippen molar-refractivity contribution in [1.29, 1.82) is 0 Å². The maximum atomic E-state index is 6.02. The molecule has 0 aromatic heterocycles. The lowest BCUT2D eigenvalue weighted by molar-refractivity contribution is 1.13. The van der Waals surface area contributed by atoms with Gasteiger partial charge in [0.15, 0.2) is 0 Å². The molecule has 1 radical (unpaired) electrons. The smallest absolute Gasteiger partial charge is 0.0443 e. The van der Waals surface area contributed by atoms with Crippen molar-refractivity contribution in [1.82, 2.24) is 0 Å². The van der Waals surface area contributed by atoms with Crippen LogP contribution >= 0.6 is 11.6 Å². The zero-order valence-corrected chi connectivity index (χ0v) is 7.06. The molecular formula is C10H10Cl. The molecule has 57 valence electrons. The summed E-state index contributed by atoms with van der Waals surface area (Å²) in [6.07, 6.45) is 2.60. The number of hydrogen-bond acceptors (Lipinski definition) is 0. The molecule has 0 spiro atoms. The summed E-state index contributed by atoms with van der Waals surface area (Å²) < 4.78 is 0. The Morgan fingerprint density at radius 2 is 2.09 bits per heavy atom. The van der Waals surface area contributed by atoms with E-state index in [1.54, 1.807) is 0 Å². The zero-order valence-electron chi connectivity index (χ0n) is 6.31. The molecule has 1 fully saturated rings. The third-order valence-electron chi connectivity index (χ3n) is 2.08. The van der Waals surface area contributed by atoms with E-state index < -0.39 is 0 Å². The summed E-state index contributed by atoms with van der Waals surface area (Å²) in [7, 11) is 0. The van der Waals surface area contributed by atoms with Crippen LogP contribution in [0.1, 0.15) is 29.9 Å². The summed E-state index contributed by atoms with van der Waals surface area (Å²) in [6.45, 7) is 3.82. The first kappa shape index (κ1) is 7.17. The first-order chi connectivity index (χ1) is 5.27. The van der Waals surface area contributed by atoms with E-state index in [-0.39, 0.29) is 0 Å². The minimum atomic E-state index is 0.739. The van der Waals surface area contributed by atoms with Gasteiger partial charge in [-0.05, 0) is 42.9 Å². The standard InChI is InChI=1S/C10H10Cl/c1-7-2-5-9(8-3-4-8)10(11)6-7/h2,5-6,8H,1,3-4H2. The number of rotatable bonds is 1. The van der Waals surface area contributed by atoms with Crippen LogP contribution in [0.3, 0.4) is 0 Å². The van der Waals surface area contributed by atoms with E-state index >= 15 is 0 Å². The van der Waals surface area contributed by atoms with Crippen LogP contribution < -0.4 is 0 Å². The number of benzene rings is 1. The quantitative estimate of drug-likeness (QED) is 0.599. The van der Waals surface area contributed by atoms with Gasteiger partial charge >= 0.3 is 0 Å².